The van der Waals surface area contributed by atoms with E-state index in [1.165, 1.54) is 0 Å². The van der Waals surface area contributed by atoms with E-state index >= 15 is 0 Å². The van der Waals surface area contributed by atoms with Crippen molar-refractivity contribution in [3.63, 3.8) is 0 Å². The third-order valence-electron chi connectivity index (χ3n) is 2.28. The lowest BCUT2D eigenvalue weighted by molar-refractivity contribution is 0.532. The molecule has 1 heterocycles. The van der Waals surface area contributed by atoms with Gasteiger partial charge in [-0.05, 0) is 24.4 Å². The van der Waals surface area contributed by atoms with E-state index in [0.717, 1.165) is 31.5 Å². The van der Waals surface area contributed by atoms with E-state index in [0.29, 0.717) is 5.92 Å². The number of halogens is 1. The molecule has 0 aromatic carbocycles. The van der Waals surface area contributed by atoms with Gasteiger partial charge in [-0.3, -0.25) is 0 Å². The number of hydrogen-bond donors (Lipinski definition) is 1. The van der Waals surface area contributed by atoms with Gasteiger partial charge in [0, 0.05) is 5.92 Å². The molecule has 4 nitrogen and oxygen atoms in total. The lowest BCUT2D eigenvalue weighted by Gasteiger charge is -2.13. The van der Waals surface area contributed by atoms with Crippen LogP contribution >= 0.6 is 11.6 Å². The first kappa shape index (κ1) is 12.2. The van der Waals surface area contributed by atoms with Crippen LogP contribution in [0.2, 0.25) is 5.28 Å². The molecule has 5 heteroatoms. The van der Waals surface area contributed by atoms with Crippen molar-refractivity contribution in [3.05, 3.63) is 11.1 Å². The first-order valence-corrected chi connectivity index (χ1v) is 5.72. The average Bonchev–Trinajstić information content (AvgIpc) is 2.16. The van der Waals surface area contributed by atoms with Gasteiger partial charge in [-0.25, -0.2) is 4.98 Å². The Labute approximate surface area is 95.3 Å². The first-order chi connectivity index (χ1) is 7.17. The third kappa shape index (κ3) is 3.63. The van der Waals surface area contributed by atoms with E-state index in [1.807, 2.05) is 0 Å². The van der Waals surface area contributed by atoms with Crippen molar-refractivity contribution in [2.75, 3.05) is 5.73 Å². The Balaban J connectivity index is 2.88. The Kier molecular flexibility index (Phi) is 4.75. The summed E-state index contributed by atoms with van der Waals surface area (Å²) >= 11 is 5.75. The largest absolute Gasteiger partial charge is 0.368 e. The number of hydrogen-bond acceptors (Lipinski definition) is 4. The molecule has 0 aliphatic rings. The minimum absolute atomic E-state index is 0.190. The van der Waals surface area contributed by atoms with E-state index in [9.17, 15) is 0 Å². The number of nitrogens with two attached hydrogens (primary N) is 1. The fourth-order valence-corrected chi connectivity index (χ4v) is 1.84. The van der Waals surface area contributed by atoms with Crippen LogP contribution in [0.5, 0.6) is 0 Å². The summed E-state index contributed by atoms with van der Waals surface area (Å²) in [4.78, 5) is 12.0. The summed E-state index contributed by atoms with van der Waals surface area (Å²) in [5.41, 5.74) is 5.54. The normalized spacial score (nSPS) is 10.9. The molecule has 0 aliphatic heterocycles. The molecular formula is C10H17ClN4. The highest BCUT2D eigenvalue weighted by molar-refractivity contribution is 6.28. The summed E-state index contributed by atoms with van der Waals surface area (Å²) in [7, 11) is 0. The summed E-state index contributed by atoms with van der Waals surface area (Å²) in [6.07, 6.45) is 4.34. The summed E-state index contributed by atoms with van der Waals surface area (Å²) < 4.78 is 0. The molecular weight excluding hydrogens is 212 g/mol. The van der Waals surface area contributed by atoms with Crippen LogP contribution in [0.4, 0.5) is 5.95 Å². The van der Waals surface area contributed by atoms with Gasteiger partial charge in [0.15, 0.2) is 0 Å². The SMILES string of the molecule is CCCC(CCC)c1nc(N)nc(Cl)n1. The number of nitrogen functional groups attached to an aromatic ring is 1. The minimum atomic E-state index is 0.190. The molecule has 0 radical (unpaired) electrons. The molecule has 84 valence electrons. The van der Waals surface area contributed by atoms with E-state index in [4.69, 9.17) is 17.3 Å². The predicted molar refractivity (Wildman–Crippen MR) is 61.8 cm³/mol. The van der Waals surface area contributed by atoms with Crippen LogP contribution in [0.25, 0.3) is 0 Å². The topological polar surface area (TPSA) is 64.7 Å². The van der Waals surface area contributed by atoms with Crippen molar-refractivity contribution in [2.45, 2.75) is 45.4 Å². The Morgan fingerprint density at radius 3 is 2.20 bits per heavy atom. The Bertz CT molecular complexity index is 290. The van der Waals surface area contributed by atoms with Gasteiger partial charge in [0.2, 0.25) is 11.2 Å². The van der Waals surface area contributed by atoms with Crippen molar-refractivity contribution < 1.29 is 0 Å². The van der Waals surface area contributed by atoms with Crippen LogP contribution in [-0.4, -0.2) is 15.0 Å². The molecule has 2 N–H and O–H groups in total. The molecule has 1 aromatic rings. The average molecular weight is 229 g/mol. The monoisotopic (exact) mass is 228 g/mol. The van der Waals surface area contributed by atoms with Gasteiger partial charge >= 0.3 is 0 Å². The zero-order chi connectivity index (χ0) is 11.3. The van der Waals surface area contributed by atoms with Crippen molar-refractivity contribution >= 4 is 17.5 Å². The molecule has 15 heavy (non-hydrogen) atoms. The zero-order valence-electron chi connectivity index (χ0n) is 9.20. The Hall–Kier alpha value is -0.900. The smallest absolute Gasteiger partial charge is 0.227 e. The van der Waals surface area contributed by atoms with Crippen LogP contribution in [0.3, 0.4) is 0 Å². The number of anilines is 1. The van der Waals surface area contributed by atoms with Gasteiger partial charge in [0.1, 0.15) is 5.82 Å². The van der Waals surface area contributed by atoms with Gasteiger partial charge in [-0.1, -0.05) is 26.7 Å². The molecule has 0 spiro atoms. The quantitative estimate of drug-likeness (QED) is 0.842. The zero-order valence-corrected chi connectivity index (χ0v) is 9.96. The molecule has 0 aliphatic carbocycles. The summed E-state index contributed by atoms with van der Waals surface area (Å²) in [5.74, 6) is 1.29. The maximum absolute atomic E-state index is 5.75. The second kappa shape index (κ2) is 5.85. The molecule has 0 fully saturated rings. The maximum Gasteiger partial charge on any atom is 0.227 e. The summed E-state index contributed by atoms with van der Waals surface area (Å²) in [6, 6.07) is 0. The van der Waals surface area contributed by atoms with E-state index < -0.39 is 0 Å². The second-order valence-corrected chi connectivity index (χ2v) is 3.93. The highest BCUT2D eigenvalue weighted by Crippen LogP contribution is 2.24. The highest BCUT2D eigenvalue weighted by atomic mass is 35.5. The molecule has 1 aromatic heterocycles. The highest BCUT2D eigenvalue weighted by Gasteiger charge is 2.14. The molecule has 1 rings (SSSR count). The van der Waals surface area contributed by atoms with Gasteiger partial charge in [-0.15, -0.1) is 0 Å². The summed E-state index contributed by atoms with van der Waals surface area (Å²) in [5, 5.41) is 0.190. The molecule has 0 amide bonds. The van der Waals surface area contributed by atoms with Gasteiger partial charge in [0.05, 0.1) is 0 Å². The van der Waals surface area contributed by atoms with Gasteiger partial charge < -0.3 is 5.73 Å². The lowest BCUT2D eigenvalue weighted by atomic mass is 9.97. The standard InChI is InChI=1S/C10H17ClN4/c1-3-5-7(6-4-2)8-13-9(11)15-10(12)14-8/h7H,3-6H2,1-2H3,(H2,12,13,14,15). The molecule has 0 bridgehead atoms. The van der Waals surface area contributed by atoms with E-state index in [2.05, 4.69) is 28.8 Å². The Morgan fingerprint density at radius 2 is 1.73 bits per heavy atom. The number of aromatic nitrogens is 3. The molecule has 0 saturated carbocycles. The van der Waals surface area contributed by atoms with Crippen LogP contribution < -0.4 is 5.73 Å². The van der Waals surface area contributed by atoms with Crippen molar-refractivity contribution in [1.29, 1.82) is 0 Å². The first-order valence-electron chi connectivity index (χ1n) is 5.34. The second-order valence-electron chi connectivity index (χ2n) is 3.60. The van der Waals surface area contributed by atoms with Crippen LogP contribution in [0.15, 0.2) is 0 Å². The van der Waals surface area contributed by atoms with Gasteiger partial charge in [0.25, 0.3) is 0 Å². The minimum Gasteiger partial charge on any atom is -0.368 e. The Morgan fingerprint density at radius 1 is 1.13 bits per heavy atom. The predicted octanol–water partition coefficient (Wildman–Crippen LogP) is 2.79. The summed E-state index contributed by atoms with van der Waals surface area (Å²) in [6.45, 7) is 4.30. The van der Waals surface area contributed by atoms with Crippen molar-refractivity contribution in [2.24, 2.45) is 0 Å². The molecule has 0 saturated heterocycles. The molecule has 0 atom stereocenters. The van der Waals surface area contributed by atoms with E-state index in [1.54, 1.807) is 0 Å². The van der Waals surface area contributed by atoms with Crippen LogP contribution in [0, 0.1) is 0 Å². The van der Waals surface area contributed by atoms with Crippen molar-refractivity contribution in [3.8, 4) is 0 Å². The fourth-order valence-electron chi connectivity index (χ4n) is 1.66. The molecule has 0 unspecified atom stereocenters. The fraction of sp³-hybridized carbons (Fsp3) is 0.700. The maximum atomic E-state index is 5.75. The van der Waals surface area contributed by atoms with E-state index in [-0.39, 0.29) is 11.2 Å². The lowest BCUT2D eigenvalue weighted by Crippen LogP contribution is -2.08. The third-order valence-corrected chi connectivity index (χ3v) is 2.45. The number of nitrogens with zero attached hydrogens (tertiary/aromatic N) is 3. The number of rotatable bonds is 5. The van der Waals surface area contributed by atoms with Crippen LogP contribution in [0.1, 0.15) is 51.3 Å². The van der Waals surface area contributed by atoms with Gasteiger partial charge in [-0.2, -0.15) is 9.97 Å². The van der Waals surface area contributed by atoms with Crippen molar-refractivity contribution in [1.82, 2.24) is 15.0 Å². The van der Waals surface area contributed by atoms with Crippen LogP contribution in [-0.2, 0) is 0 Å².